The van der Waals surface area contributed by atoms with Crippen molar-refractivity contribution in [2.24, 2.45) is 0 Å². The molecule has 0 bridgehead atoms. The Kier molecular flexibility index (Phi) is 10.0. The zero-order chi connectivity index (χ0) is 26.9. The number of aromatic nitrogens is 2. The number of hydrogen-bond acceptors (Lipinski definition) is 9. The van der Waals surface area contributed by atoms with Crippen LogP contribution in [0.25, 0.3) is 0 Å². The molecule has 10 nitrogen and oxygen atoms in total. The summed E-state index contributed by atoms with van der Waals surface area (Å²) < 4.78 is 10.3. The van der Waals surface area contributed by atoms with Crippen LogP contribution in [0.4, 0.5) is 11.6 Å². The Morgan fingerprint density at radius 2 is 1.87 bits per heavy atom. The number of amides is 1. The molecule has 1 aromatic carbocycles. The molecule has 4 rings (SSSR count). The van der Waals surface area contributed by atoms with E-state index >= 15 is 0 Å². The number of anilines is 2. The molecule has 3 heterocycles. The van der Waals surface area contributed by atoms with Crippen LogP contribution in [0.15, 0.2) is 24.3 Å². The molecule has 0 unspecified atom stereocenters. The topological polar surface area (TPSA) is 114 Å². The Balaban J connectivity index is 1.33. The van der Waals surface area contributed by atoms with Gasteiger partial charge in [-0.3, -0.25) is 24.3 Å². The third-order valence-corrected chi connectivity index (χ3v) is 7.15. The van der Waals surface area contributed by atoms with Gasteiger partial charge in [0.2, 0.25) is 5.91 Å². The highest BCUT2D eigenvalue weighted by Crippen LogP contribution is 2.30. The standard InChI is InChI=1S/C28H40N6O4/c1-21-30-27(29)24-19-25(35)34(28(24)31-21)12-4-3-9-33(11-6-10-32-13-15-38-16-14-32)20-23-8-5-7-22(17-23)18-26(36)37-2/h5,7-8,17H,3-4,6,9-16,18-20H2,1-2H3,(H2,29,30,31). The van der Waals surface area contributed by atoms with Crippen molar-refractivity contribution in [2.45, 2.75) is 45.6 Å². The molecule has 206 valence electrons. The number of fused-ring (bicyclic) bond motifs is 1. The van der Waals surface area contributed by atoms with Gasteiger partial charge in [-0.2, -0.15) is 0 Å². The molecule has 0 aliphatic carbocycles. The number of hydrogen-bond donors (Lipinski definition) is 1. The number of nitrogens with zero attached hydrogens (tertiary/aromatic N) is 5. The maximum atomic E-state index is 12.6. The molecule has 2 aromatic rings. The van der Waals surface area contributed by atoms with Gasteiger partial charge in [-0.25, -0.2) is 9.97 Å². The molecule has 2 aliphatic heterocycles. The highest BCUT2D eigenvalue weighted by molar-refractivity contribution is 6.01. The summed E-state index contributed by atoms with van der Waals surface area (Å²) in [6, 6.07) is 8.18. The van der Waals surface area contributed by atoms with Crippen molar-refractivity contribution in [3.05, 3.63) is 46.8 Å². The molecular weight excluding hydrogens is 484 g/mol. The first-order chi connectivity index (χ1) is 18.4. The van der Waals surface area contributed by atoms with Gasteiger partial charge in [0.15, 0.2) is 0 Å². The van der Waals surface area contributed by atoms with Crippen molar-refractivity contribution < 1.29 is 19.1 Å². The third-order valence-electron chi connectivity index (χ3n) is 7.15. The number of ether oxygens (including phenoxy) is 2. The number of carbonyl (C=O) groups excluding carboxylic acids is 2. The smallest absolute Gasteiger partial charge is 0.309 e. The second kappa shape index (κ2) is 13.6. The first kappa shape index (κ1) is 27.9. The summed E-state index contributed by atoms with van der Waals surface area (Å²) in [6.45, 7) is 9.80. The molecule has 1 fully saturated rings. The van der Waals surface area contributed by atoms with Gasteiger partial charge in [-0.1, -0.05) is 24.3 Å². The van der Waals surface area contributed by atoms with Crippen molar-refractivity contribution in [2.75, 3.05) is 70.2 Å². The number of benzene rings is 1. The van der Waals surface area contributed by atoms with Gasteiger partial charge < -0.3 is 15.2 Å². The Bertz CT molecular complexity index is 1100. The van der Waals surface area contributed by atoms with Crippen LogP contribution >= 0.6 is 0 Å². The van der Waals surface area contributed by atoms with Gasteiger partial charge in [0, 0.05) is 31.7 Å². The maximum Gasteiger partial charge on any atom is 0.309 e. The van der Waals surface area contributed by atoms with E-state index < -0.39 is 0 Å². The van der Waals surface area contributed by atoms with Crippen LogP contribution in [-0.2, 0) is 38.4 Å². The third kappa shape index (κ3) is 7.72. The first-order valence-corrected chi connectivity index (χ1v) is 13.5. The number of unbranched alkanes of at least 4 members (excludes halogenated alkanes) is 1. The molecular formula is C28H40N6O4. The summed E-state index contributed by atoms with van der Waals surface area (Å²) in [6.07, 6.45) is 3.46. The number of nitrogens with two attached hydrogens (primary N) is 1. The number of aryl methyl sites for hydroxylation is 1. The van der Waals surface area contributed by atoms with E-state index in [4.69, 9.17) is 15.2 Å². The summed E-state index contributed by atoms with van der Waals surface area (Å²) >= 11 is 0. The Morgan fingerprint density at radius 1 is 1.11 bits per heavy atom. The van der Waals surface area contributed by atoms with E-state index in [9.17, 15) is 9.59 Å². The highest BCUT2D eigenvalue weighted by Gasteiger charge is 2.31. The summed E-state index contributed by atoms with van der Waals surface area (Å²) in [5.74, 6) is 1.47. The SMILES string of the molecule is COC(=O)Cc1cccc(CN(CCCCN2C(=O)Cc3c(N)nc(C)nc32)CCCN2CCOCC2)c1. The predicted octanol–water partition coefficient (Wildman–Crippen LogP) is 1.98. The lowest BCUT2D eigenvalue weighted by molar-refractivity contribution is -0.139. The van der Waals surface area contributed by atoms with E-state index in [2.05, 4.69) is 31.9 Å². The minimum Gasteiger partial charge on any atom is -0.469 e. The van der Waals surface area contributed by atoms with Crippen LogP contribution in [0, 0.1) is 6.92 Å². The van der Waals surface area contributed by atoms with E-state index in [1.165, 1.54) is 12.7 Å². The Morgan fingerprint density at radius 3 is 2.66 bits per heavy atom. The number of nitrogen functional groups attached to an aromatic ring is 1. The second-order valence-electron chi connectivity index (χ2n) is 10.0. The molecule has 1 saturated heterocycles. The van der Waals surface area contributed by atoms with Crippen LogP contribution < -0.4 is 10.6 Å². The number of morpholine rings is 1. The number of carbonyl (C=O) groups is 2. The second-order valence-corrected chi connectivity index (χ2v) is 10.0. The Hall–Kier alpha value is -3.08. The predicted molar refractivity (Wildman–Crippen MR) is 146 cm³/mol. The fourth-order valence-electron chi connectivity index (χ4n) is 5.14. The molecule has 0 radical (unpaired) electrons. The fourth-order valence-corrected chi connectivity index (χ4v) is 5.14. The van der Waals surface area contributed by atoms with Crippen molar-refractivity contribution in [1.29, 1.82) is 0 Å². The molecule has 0 saturated carbocycles. The molecule has 2 N–H and O–H groups in total. The van der Waals surface area contributed by atoms with E-state index in [-0.39, 0.29) is 24.7 Å². The maximum absolute atomic E-state index is 12.6. The lowest BCUT2D eigenvalue weighted by Gasteiger charge is -2.28. The normalized spacial score (nSPS) is 15.8. The van der Waals surface area contributed by atoms with Crippen LogP contribution in [0.3, 0.4) is 0 Å². The summed E-state index contributed by atoms with van der Waals surface area (Å²) in [7, 11) is 1.42. The van der Waals surface area contributed by atoms with Crippen molar-refractivity contribution in [1.82, 2.24) is 19.8 Å². The largest absolute Gasteiger partial charge is 0.469 e. The van der Waals surface area contributed by atoms with Crippen molar-refractivity contribution in [3.8, 4) is 0 Å². The minimum absolute atomic E-state index is 0.0383. The lowest BCUT2D eigenvalue weighted by atomic mass is 10.1. The van der Waals surface area contributed by atoms with Crippen molar-refractivity contribution in [3.63, 3.8) is 0 Å². The monoisotopic (exact) mass is 524 g/mol. The zero-order valence-electron chi connectivity index (χ0n) is 22.7. The molecule has 38 heavy (non-hydrogen) atoms. The van der Waals surface area contributed by atoms with Gasteiger partial charge in [-0.05, 0) is 56.9 Å². The number of esters is 1. The van der Waals surface area contributed by atoms with E-state index in [0.29, 0.717) is 24.0 Å². The van der Waals surface area contributed by atoms with Gasteiger partial charge in [0.25, 0.3) is 0 Å². The quantitative estimate of drug-likeness (QED) is 0.310. The van der Waals surface area contributed by atoms with Crippen LogP contribution in [0.2, 0.25) is 0 Å². The fraction of sp³-hybridized carbons (Fsp3) is 0.571. The van der Waals surface area contributed by atoms with E-state index in [0.717, 1.165) is 82.9 Å². The zero-order valence-corrected chi connectivity index (χ0v) is 22.7. The average Bonchev–Trinajstić information content (AvgIpc) is 3.22. The van der Waals surface area contributed by atoms with Crippen LogP contribution in [-0.4, -0.2) is 91.2 Å². The summed E-state index contributed by atoms with van der Waals surface area (Å²) in [5.41, 5.74) is 8.93. The van der Waals surface area contributed by atoms with Crippen LogP contribution in [0.1, 0.15) is 41.8 Å². The molecule has 2 aliphatic rings. The first-order valence-electron chi connectivity index (χ1n) is 13.5. The van der Waals surface area contributed by atoms with E-state index in [1.54, 1.807) is 11.8 Å². The molecule has 1 aromatic heterocycles. The summed E-state index contributed by atoms with van der Waals surface area (Å²) in [4.78, 5) is 39.8. The number of methoxy groups -OCH3 is 1. The number of rotatable bonds is 13. The molecule has 10 heteroatoms. The summed E-state index contributed by atoms with van der Waals surface area (Å²) in [5, 5.41) is 0. The average molecular weight is 525 g/mol. The van der Waals surface area contributed by atoms with E-state index in [1.807, 2.05) is 12.1 Å². The molecule has 0 atom stereocenters. The molecule has 1 amide bonds. The van der Waals surface area contributed by atoms with Crippen molar-refractivity contribution >= 4 is 23.5 Å². The van der Waals surface area contributed by atoms with Gasteiger partial charge in [0.05, 0.1) is 33.2 Å². The highest BCUT2D eigenvalue weighted by atomic mass is 16.5. The van der Waals surface area contributed by atoms with Crippen LogP contribution in [0.5, 0.6) is 0 Å². The minimum atomic E-state index is -0.232. The molecule has 0 spiro atoms. The van der Waals surface area contributed by atoms with Gasteiger partial charge >= 0.3 is 5.97 Å². The Labute approximate surface area is 225 Å². The van der Waals surface area contributed by atoms with Gasteiger partial charge in [0.1, 0.15) is 17.5 Å². The lowest BCUT2D eigenvalue weighted by Crippen LogP contribution is -2.38. The van der Waals surface area contributed by atoms with Gasteiger partial charge in [-0.15, -0.1) is 0 Å².